The predicted molar refractivity (Wildman–Crippen MR) is 125 cm³/mol. The van der Waals surface area contributed by atoms with Gasteiger partial charge in [-0.15, -0.1) is 0 Å². The Morgan fingerprint density at radius 2 is 1.77 bits per heavy atom. The molecule has 0 saturated carbocycles. The summed E-state index contributed by atoms with van der Waals surface area (Å²) in [4.78, 5) is 12.3. The van der Waals surface area contributed by atoms with Gasteiger partial charge in [0.25, 0.3) is 0 Å². The number of hydrogen-bond acceptors (Lipinski definition) is 3. The Labute approximate surface area is 192 Å². The van der Waals surface area contributed by atoms with Gasteiger partial charge in [-0.3, -0.25) is 4.79 Å². The van der Waals surface area contributed by atoms with E-state index in [0.29, 0.717) is 27.1 Å². The van der Waals surface area contributed by atoms with Crippen molar-refractivity contribution in [2.24, 2.45) is 0 Å². The number of rotatable bonds is 6. The van der Waals surface area contributed by atoms with E-state index in [4.69, 9.17) is 32.4 Å². The van der Waals surface area contributed by atoms with Gasteiger partial charge >= 0.3 is 0 Å². The van der Waals surface area contributed by atoms with Crippen LogP contribution in [-0.2, 0) is 6.61 Å². The molecule has 3 nitrogen and oxygen atoms in total. The molecule has 4 aromatic rings. The Morgan fingerprint density at radius 3 is 2.60 bits per heavy atom. The van der Waals surface area contributed by atoms with Gasteiger partial charge in [-0.05, 0) is 77.5 Å². The molecule has 150 valence electrons. The average molecular weight is 502 g/mol. The summed E-state index contributed by atoms with van der Waals surface area (Å²) in [5, 5.41) is 3.02. The predicted octanol–water partition coefficient (Wildman–Crippen LogP) is 7.98. The molecule has 1 heterocycles. The van der Waals surface area contributed by atoms with Gasteiger partial charge in [0, 0.05) is 15.1 Å². The van der Waals surface area contributed by atoms with E-state index in [-0.39, 0.29) is 12.4 Å². The van der Waals surface area contributed by atoms with Crippen LogP contribution < -0.4 is 4.74 Å². The maximum Gasteiger partial charge on any atom is 0.187 e. The number of carbonyl (C=O) groups is 1. The molecular formula is C24H15BrCl2O3. The van der Waals surface area contributed by atoms with Crippen molar-refractivity contribution in [3.63, 3.8) is 0 Å². The molecule has 4 rings (SSSR count). The van der Waals surface area contributed by atoms with Crippen LogP contribution in [0.4, 0.5) is 0 Å². The Bertz CT molecular complexity index is 1260. The maximum absolute atomic E-state index is 12.3. The zero-order chi connectivity index (χ0) is 21.1. The normalized spacial score (nSPS) is 11.3. The fourth-order valence-electron chi connectivity index (χ4n) is 2.94. The van der Waals surface area contributed by atoms with E-state index in [1.54, 1.807) is 24.3 Å². The van der Waals surface area contributed by atoms with Crippen molar-refractivity contribution >= 4 is 61.8 Å². The third kappa shape index (κ3) is 4.96. The standard InChI is InChI=1S/C24H15BrCl2O3/c25-17-3-1-16-12-20(5-2-15(16)11-17)29-14-21-7-6-19(30-21)8-10-24(28)22-9-4-18(26)13-23(22)27/h1-13H,14H2/b10-8+. The summed E-state index contributed by atoms with van der Waals surface area (Å²) in [6.07, 6.45) is 3.02. The Morgan fingerprint density at radius 1 is 0.967 bits per heavy atom. The van der Waals surface area contributed by atoms with E-state index in [9.17, 15) is 4.79 Å². The third-order valence-corrected chi connectivity index (χ3v) is 5.47. The minimum atomic E-state index is -0.228. The van der Waals surface area contributed by atoms with Gasteiger partial charge in [-0.1, -0.05) is 51.3 Å². The van der Waals surface area contributed by atoms with Crippen LogP contribution in [0.5, 0.6) is 5.75 Å². The highest BCUT2D eigenvalue weighted by molar-refractivity contribution is 9.10. The van der Waals surface area contributed by atoms with E-state index >= 15 is 0 Å². The second-order valence-corrected chi connectivity index (χ2v) is 8.33. The van der Waals surface area contributed by atoms with Crippen LogP contribution in [0.25, 0.3) is 16.8 Å². The minimum absolute atomic E-state index is 0.228. The molecule has 0 atom stereocenters. The molecule has 0 unspecified atom stereocenters. The van der Waals surface area contributed by atoms with Crippen LogP contribution in [0.1, 0.15) is 21.9 Å². The molecule has 6 heteroatoms. The molecule has 0 bridgehead atoms. The van der Waals surface area contributed by atoms with E-state index in [2.05, 4.69) is 22.0 Å². The molecule has 0 spiro atoms. The number of carbonyl (C=O) groups excluding carboxylic acids is 1. The lowest BCUT2D eigenvalue weighted by molar-refractivity contribution is 0.104. The smallest absolute Gasteiger partial charge is 0.187 e. The van der Waals surface area contributed by atoms with Gasteiger partial charge in [0.1, 0.15) is 23.9 Å². The van der Waals surface area contributed by atoms with Crippen molar-refractivity contribution in [2.45, 2.75) is 6.61 Å². The molecular weight excluding hydrogens is 487 g/mol. The zero-order valence-electron chi connectivity index (χ0n) is 15.6. The molecule has 0 aliphatic rings. The highest BCUT2D eigenvalue weighted by Crippen LogP contribution is 2.25. The SMILES string of the molecule is O=C(/C=C/c1ccc(COc2ccc3cc(Br)ccc3c2)o1)c1ccc(Cl)cc1Cl. The summed E-state index contributed by atoms with van der Waals surface area (Å²) < 4.78 is 12.6. The first-order chi connectivity index (χ1) is 14.5. The van der Waals surface area contributed by atoms with Crippen molar-refractivity contribution in [3.8, 4) is 5.75 Å². The van der Waals surface area contributed by atoms with Gasteiger partial charge in [-0.2, -0.15) is 0 Å². The number of hydrogen-bond donors (Lipinski definition) is 0. The zero-order valence-corrected chi connectivity index (χ0v) is 18.7. The molecule has 0 amide bonds. The molecule has 3 aromatic carbocycles. The number of fused-ring (bicyclic) bond motifs is 1. The van der Waals surface area contributed by atoms with E-state index in [1.807, 2.05) is 36.4 Å². The quantitative estimate of drug-likeness (QED) is 0.198. The van der Waals surface area contributed by atoms with Crippen LogP contribution in [0.2, 0.25) is 10.0 Å². The molecule has 0 fully saturated rings. The van der Waals surface area contributed by atoms with Gasteiger partial charge in [0.05, 0.1) is 5.02 Å². The van der Waals surface area contributed by atoms with Crippen molar-refractivity contribution in [1.29, 1.82) is 0 Å². The lowest BCUT2D eigenvalue weighted by Gasteiger charge is -2.06. The molecule has 0 aliphatic heterocycles. The Hall–Kier alpha value is -2.53. The number of benzene rings is 3. The van der Waals surface area contributed by atoms with Gasteiger partial charge in [0.2, 0.25) is 0 Å². The van der Waals surface area contributed by atoms with Gasteiger partial charge in [0.15, 0.2) is 5.78 Å². The number of ether oxygens (including phenoxy) is 1. The van der Waals surface area contributed by atoms with Crippen LogP contribution in [0, 0.1) is 0 Å². The highest BCUT2D eigenvalue weighted by atomic mass is 79.9. The number of halogens is 3. The molecule has 0 N–H and O–H groups in total. The Kier molecular flexibility index (Phi) is 6.28. The van der Waals surface area contributed by atoms with Crippen LogP contribution in [0.3, 0.4) is 0 Å². The molecule has 0 radical (unpaired) electrons. The minimum Gasteiger partial charge on any atom is -0.486 e. The second kappa shape index (κ2) is 9.09. The van der Waals surface area contributed by atoms with Crippen molar-refractivity contribution in [1.82, 2.24) is 0 Å². The fourth-order valence-corrected chi connectivity index (χ4v) is 3.82. The lowest BCUT2D eigenvalue weighted by atomic mass is 10.1. The van der Waals surface area contributed by atoms with Crippen LogP contribution >= 0.6 is 39.1 Å². The summed E-state index contributed by atoms with van der Waals surface area (Å²) in [5.74, 6) is 1.73. The third-order valence-electron chi connectivity index (χ3n) is 4.43. The second-order valence-electron chi connectivity index (χ2n) is 6.57. The van der Waals surface area contributed by atoms with E-state index < -0.39 is 0 Å². The molecule has 1 aromatic heterocycles. The molecule has 0 saturated heterocycles. The van der Waals surface area contributed by atoms with E-state index in [1.165, 1.54) is 12.1 Å². The lowest BCUT2D eigenvalue weighted by Crippen LogP contribution is -1.95. The fraction of sp³-hybridized carbons (Fsp3) is 0.0417. The van der Waals surface area contributed by atoms with Crippen LogP contribution in [-0.4, -0.2) is 5.78 Å². The maximum atomic E-state index is 12.3. The largest absolute Gasteiger partial charge is 0.486 e. The molecule has 30 heavy (non-hydrogen) atoms. The summed E-state index contributed by atoms with van der Waals surface area (Å²) in [6.45, 7) is 0.285. The summed E-state index contributed by atoms with van der Waals surface area (Å²) in [5.41, 5.74) is 0.385. The average Bonchev–Trinajstić information content (AvgIpc) is 3.18. The van der Waals surface area contributed by atoms with Crippen LogP contribution in [0.15, 0.2) is 81.7 Å². The number of furan rings is 1. The summed E-state index contributed by atoms with van der Waals surface area (Å²) >= 11 is 15.4. The summed E-state index contributed by atoms with van der Waals surface area (Å²) in [7, 11) is 0. The first kappa shape index (κ1) is 20.7. The van der Waals surface area contributed by atoms with Gasteiger partial charge < -0.3 is 9.15 Å². The first-order valence-corrected chi connectivity index (χ1v) is 10.6. The van der Waals surface area contributed by atoms with Crippen molar-refractivity contribution < 1.29 is 13.9 Å². The Balaban J connectivity index is 1.40. The first-order valence-electron chi connectivity index (χ1n) is 9.06. The van der Waals surface area contributed by atoms with Crippen molar-refractivity contribution in [2.75, 3.05) is 0 Å². The number of ketones is 1. The topological polar surface area (TPSA) is 39.4 Å². The van der Waals surface area contributed by atoms with Crippen molar-refractivity contribution in [3.05, 3.63) is 104 Å². The summed E-state index contributed by atoms with van der Waals surface area (Å²) in [6, 6.07) is 20.4. The number of allylic oxidation sites excluding steroid dienone is 1. The van der Waals surface area contributed by atoms with E-state index in [0.717, 1.165) is 21.0 Å². The van der Waals surface area contributed by atoms with Gasteiger partial charge in [-0.25, -0.2) is 0 Å². The monoisotopic (exact) mass is 500 g/mol. The molecule has 0 aliphatic carbocycles. The highest BCUT2D eigenvalue weighted by Gasteiger charge is 2.08.